The van der Waals surface area contributed by atoms with Crippen LogP contribution in [0, 0.1) is 0 Å². The van der Waals surface area contributed by atoms with E-state index in [1.54, 1.807) is 24.5 Å². The summed E-state index contributed by atoms with van der Waals surface area (Å²) in [5, 5.41) is 13.0. The Kier molecular flexibility index (Phi) is 8.87. The van der Waals surface area contributed by atoms with Gasteiger partial charge in [0, 0.05) is 56.4 Å². The van der Waals surface area contributed by atoms with Gasteiger partial charge in [0.05, 0.1) is 12.6 Å². The van der Waals surface area contributed by atoms with E-state index in [1.807, 2.05) is 24.3 Å². The topological polar surface area (TPSA) is 121 Å². The molecule has 3 amide bonds. The van der Waals surface area contributed by atoms with Crippen molar-refractivity contribution >= 4 is 23.6 Å². The van der Waals surface area contributed by atoms with E-state index in [9.17, 15) is 19.5 Å². The molecule has 2 N–H and O–H groups in total. The van der Waals surface area contributed by atoms with Crippen molar-refractivity contribution in [3.8, 4) is 0 Å². The van der Waals surface area contributed by atoms with Crippen molar-refractivity contribution in [1.82, 2.24) is 15.2 Å². The van der Waals surface area contributed by atoms with E-state index in [2.05, 4.69) is 31.1 Å². The minimum absolute atomic E-state index is 0.0743. The summed E-state index contributed by atoms with van der Waals surface area (Å²) in [5.41, 5.74) is 1.97. The first-order valence-corrected chi connectivity index (χ1v) is 13.3. The summed E-state index contributed by atoms with van der Waals surface area (Å²) >= 11 is 0. The third kappa shape index (κ3) is 6.57. The lowest BCUT2D eigenvalue weighted by Crippen LogP contribution is -2.53. The van der Waals surface area contributed by atoms with Crippen LogP contribution in [0.3, 0.4) is 0 Å². The SMILES string of the molecule is CO[C@@H]1C[C@H](C(=O)N(c2ccc(C(C)(C)C)cc2)C(C(=O)NC2CCOCC2)c2cccnc2)N(C(=O)O)C1. The fourth-order valence-electron chi connectivity index (χ4n) is 5.18. The highest BCUT2D eigenvalue weighted by Gasteiger charge is 2.45. The Morgan fingerprint density at radius 2 is 1.85 bits per heavy atom. The molecule has 0 radical (unpaired) electrons. The molecule has 10 nitrogen and oxygen atoms in total. The maximum atomic E-state index is 14.4. The number of carboxylic acid groups (broad SMARTS) is 1. The summed E-state index contributed by atoms with van der Waals surface area (Å²) in [6.07, 6.45) is 3.08. The molecule has 210 valence electrons. The number of likely N-dealkylation sites (tertiary alicyclic amines) is 1. The van der Waals surface area contributed by atoms with Gasteiger partial charge in [0.2, 0.25) is 5.91 Å². The van der Waals surface area contributed by atoms with E-state index in [0.717, 1.165) is 10.5 Å². The van der Waals surface area contributed by atoms with E-state index < -0.39 is 30.2 Å². The van der Waals surface area contributed by atoms with Crippen molar-refractivity contribution < 1.29 is 29.0 Å². The van der Waals surface area contributed by atoms with Crippen molar-refractivity contribution in [1.29, 1.82) is 0 Å². The van der Waals surface area contributed by atoms with Crippen molar-refractivity contribution in [3.63, 3.8) is 0 Å². The first-order valence-electron chi connectivity index (χ1n) is 13.3. The quantitative estimate of drug-likeness (QED) is 0.553. The Bertz CT molecular complexity index is 1140. The second-order valence-corrected chi connectivity index (χ2v) is 11.1. The van der Waals surface area contributed by atoms with Crippen LogP contribution in [0.1, 0.15) is 57.2 Å². The second kappa shape index (κ2) is 12.1. The standard InChI is InChI=1S/C29H38N4O6/c1-29(2,3)20-7-9-22(10-8-20)33(27(35)24-16-23(38-4)18-32(24)28(36)37)25(19-6-5-13-30-17-19)26(34)31-21-11-14-39-15-12-21/h5-10,13,17,21,23-25H,11-12,14-16,18H2,1-4H3,(H,31,34)(H,36,37)/t23-,24-,25?/m1/s1. The number of ether oxygens (including phenoxy) is 2. The average molecular weight is 539 g/mol. The normalized spacial score (nSPS) is 20.9. The number of hydrogen-bond donors (Lipinski definition) is 2. The number of benzene rings is 1. The summed E-state index contributed by atoms with van der Waals surface area (Å²) in [5.74, 6) is -0.845. The number of nitrogens with zero attached hydrogens (tertiary/aromatic N) is 3. The van der Waals surface area contributed by atoms with Crippen molar-refractivity contribution in [3.05, 3.63) is 59.9 Å². The second-order valence-electron chi connectivity index (χ2n) is 11.1. The van der Waals surface area contributed by atoms with E-state index in [0.29, 0.717) is 37.3 Å². The molecular formula is C29H38N4O6. The highest BCUT2D eigenvalue weighted by molar-refractivity contribution is 6.04. The van der Waals surface area contributed by atoms with Gasteiger partial charge in [-0.15, -0.1) is 0 Å². The summed E-state index contributed by atoms with van der Waals surface area (Å²) in [7, 11) is 1.50. The molecule has 0 aliphatic carbocycles. The van der Waals surface area contributed by atoms with Gasteiger partial charge >= 0.3 is 6.09 Å². The summed E-state index contributed by atoms with van der Waals surface area (Å²) in [6.45, 7) is 7.46. The van der Waals surface area contributed by atoms with Crippen molar-refractivity contribution in [2.45, 2.75) is 69.7 Å². The molecule has 2 aliphatic heterocycles. The molecule has 1 aromatic carbocycles. The molecule has 0 bridgehead atoms. The fourth-order valence-corrected chi connectivity index (χ4v) is 5.18. The van der Waals surface area contributed by atoms with Gasteiger partial charge in [0.15, 0.2) is 0 Å². The van der Waals surface area contributed by atoms with Crippen LogP contribution in [-0.2, 0) is 24.5 Å². The van der Waals surface area contributed by atoms with Gasteiger partial charge in [0.1, 0.15) is 12.1 Å². The first kappa shape index (κ1) is 28.5. The van der Waals surface area contributed by atoms with Crippen molar-refractivity contribution in [2.24, 2.45) is 0 Å². The number of methoxy groups -OCH3 is 1. The smallest absolute Gasteiger partial charge is 0.408 e. The molecule has 3 atom stereocenters. The molecule has 2 aromatic rings. The summed E-state index contributed by atoms with van der Waals surface area (Å²) < 4.78 is 10.9. The minimum atomic E-state index is -1.21. The van der Waals surface area contributed by atoms with Crippen LogP contribution in [0.2, 0.25) is 0 Å². The number of hydrogen-bond acceptors (Lipinski definition) is 6. The zero-order valence-corrected chi connectivity index (χ0v) is 23.0. The molecule has 0 saturated carbocycles. The summed E-state index contributed by atoms with van der Waals surface area (Å²) in [6, 6.07) is 8.82. The van der Waals surface area contributed by atoms with Gasteiger partial charge in [-0.1, -0.05) is 39.0 Å². The largest absolute Gasteiger partial charge is 0.465 e. The summed E-state index contributed by atoms with van der Waals surface area (Å²) in [4.78, 5) is 47.2. The Balaban J connectivity index is 1.80. The van der Waals surface area contributed by atoms with Gasteiger partial charge in [-0.2, -0.15) is 0 Å². The Morgan fingerprint density at radius 3 is 2.41 bits per heavy atom. The highest BCUT2D eigenvalue weighted by atomic mass is 16.5. The number of rotatable bonds is 7. The average Bonchev–Trinajstić information content (AvgIpc) is 3.37. The van der Waals surface area contributed by atoms with Crippen LogP contribution in [0.4, 0.5) is 10.5 Å². The van der Waals surface area contributed by atoms with Crippen LogP contribution in [0.15, 0.2) is 48.8 Å². The number of aromatic nitrogens is 1. The molecule has 3 heterocycles. The lowest BCUT2D eigenvalue weighted by atomic mass is 9.87. The lowest BCUT2D eigenvalue weighted by molar-refractivity contribution is -0.129. The van der Waals surface area contributed by atoms with E-state index in [-0.39, 0.29) is 30.3 Å². The van der Waals surface area contributed by atoms with Crippen LogP contribution >= 0.6 is 0 Å². The minimum Gasteiger partial charge on any atom is -0.465 e. The van der Waals surface area contributed by atoms with E-state index in [1.165, 1.54) is 12.0 Å². The monoisotopic (exact) mass is 538 g/mol. The Labute approximate surface area is 229 Å². The molecule has 2 aliphatic rings. The predicted octanol–water partition coefficient (Wildman–Crippen LogP) is 3.52. The van der Waals surface area contributed by atoms with Crippen LogP contribution in [0.5, 0.6) is 0 Å². The van der Waals surface area contributed by atoms with E-state index >= 15 is 0 Å². The number of carbonyl (C=O) groups excluding carboxylic acids is 2. The van der Waals surface area contributed by atoms with Gasteiger partial charge in [-0.3, -0.25) is 24.4 Å². The lowest BCUT2D eigenvalue weighted by Gasteiger charge is -2.36. The molecule has 39 heavy (non-hydrogen) atoms. The van der Waals surface area contributed by atoms with Crippen molar-refractivity contribution in [2.75, 3.05) is 31.8 Å². The number of amides is 3. The third-order valence-corrected chi connectivity index (χ3v) is 7.45. The zero-order valence-electron chi connectivity index (χ0n) is 23.0. The number of carbonyl (C=O) groups is 3. The molecule has 1 unspecified atom stereocenters. The molecule has 2 saturated heterocycles. The van der Waals surface area contributed by atoms with Gasteiger partial charge in [0.25, 0.3) is 5.91 Å². The maximum absolute atomic E-state index is 14.4. The van der Waals surface area contributed by atoms with Gasteiger partial charge in [-0.25, -0.2) is 4.79 Å². The molecule has 2 fully saturated rings. The zero-order chi connectivity index (χ0) is 28.2. The fraction of sp³-hybridized carbons (Fsp3) is 0.517. The van der Waals surface area contributed by atoms with Crippen LogP contribution in [0.25, 0.3) is 0 Å². The number of nitrogens with one attached hydrogen (secondary N) is 1. The van der Waals surface area contributed by atoms with Gasteiger partial charge < -0.3 is 19.9 Å². The molecule has 10 heteroatoms. The van der Waals surface area contributed by atoms with Crippen LogP contribution < -0.4 is 10.2 Å². The third-order valence-electron chi connectivity index (χ3n) is 7.45. The Morgan fingerprint density at radius 1 is 1.15 bits per heavy atom. The van der Waals surface area contributed by atoms with Crippen LogP contribution in [-0.4, -0.2) is 78.0 Å². The highest BCUT2D eigenvalue weighted by Crippen LogP contribution is 2.34. The number of pyridine rings is 1. The number of anilines is 1. The Hall–Kier alpha value is -3.50. The molecular weight excluding hydrogens is 500 g/mol. The van der Waals surface area contributed by atoms with E-state index in [4.69, 9.17) is 9.47 Å². The predicted molar refractivity (Wildman–Crippen MR) is 146 cm³/mol. The molecule has 0 spiro atoms. The first-order chi connectivity index (χ1) is 18.6. The van der Waals surface area contributed by atoms with Gasteiger partial charge in [-0.05, 0) is 42.0 Å². The molecule has 1 aromatic heterocycles. The maximum Gasteiger partial charge on any atom is 0.408 e. The molecule has 4 rings (SSSR count).